The molecule has 3 amide bonds. The fourth-order valence-electron chi connectivity index (χ4n) is 5.32. The summed E-state index contributed by atoms with van der Waals surface area (Å²) in [6.07, 6.45) is -6.73. The minimum atomic E-state index is -5.01. The summed E-state index contributed by atoms with van der Waals surface area (Å²) in [5, 5.41) is 12.5. The SMILES string of the molecule is COc1ccc(C2=CN(C(=O)c3ccccc3)C(C(C)C)C(=O)N2CC(=O)NC(Cc2ccccc2)C(O)C(F)(F)F)cc1OC. The van der Waals surface area contributed by atoms with Crippen molar-refractivity contribution in [2.45, 2.75) is 44.6 Å². The lowest BCUT2D eigenvalue weighted by Gasteiger charge is -2.41. The van der Waals surface area contributed by atoms with Crippen molar-refractivity contribution < 1.29 is 42.1 Å². The smallest absolute Gasteiger partial charge is 0.416 e. The summed E-state index contributed by atoms with van der Waals surface area (Å²) in [5.74, 6) is -1.72. The van der Waals surface area contributed by atoms with Gasteiger partial charge in [-0.15, -0.1) is 0 Å². The van der Waals surface area contributed by atoms with Crippen molar-refractivity contribution in [1.82, 2.24) is 15.1 Å². The molecule has 1 heterocycles. The van der Waals surface area contributed by atoms with Crippen LogP contribution in [0.2, 0.25) is 0 Å². The molecule has 3 unspecified atom stereocenters. The first-order valence-electron chi connectivity index (χ1n) is 14.6. The van der Waals surface area contributed by atoms with Gasteiger partial charge < -0.3 is 24.8 Å². The van der Waals surface area contributed by atoms with E-state index in [0.29, 0.717) is 28.2 Å². The molecule has 9 nitrogen and oxygen atoms in total. The van der Waals surface area contributed by atoms with E-state index >= 15 is 0 Å². The average Bonchev–Trinajstić information content (AvgIpc) is 3.04. The van der Waals surface area contributed by atoms with Gasteiger partial charge in [0.05, 0.1) is 26.0 Å². The molecule has 3 atom stereocenters. The van der Waals surface area contributed by atoms with Crippen LogP contribution in [-0.4, -0.2) is 77.8 Å². The van der Waals surface area contributed by atoms with E-state index in [1.54, 1.807) is 92.7 Å². The lowest BCUT2D eigenvalue weighted by Crippen LogP contribution is -2.58. The number of amides is 3. The highest BCUT2D eigenvalue weighted by Crippen LogP contribution is 2.35. The number of nitrogens with zero attached hydrogens (tertiary/aromatic N) is 2. The molecule has 0 aliphatic carbocycles. The van der Waals surface area contributed by atoms with Gasteiger partial charge >= 0.3 is 6.18 Å². The van der Waals surface area contributed by atoms with Crippen LogP contribution in [0.5, 0.6) is 11.5 Å². The number of hydrogen-bond acceptors (Lipinski definition) is 6. The molecule has 3 aromatic rings. The Labute approximate surface area is 265 Å². The summed E-state index contributed by atoms with van der Waals surface area (Å²) in [6, 6.07) is 18.5. The first-order chi connectivity index (χ1) is 21.8. The molecule has 0 bridgehead atoms. The van der Waals surface area contributed by atoms with Crippen molar-refractivity contribution in [1.29, 1.82) is 0 Å². The summed E-state index contributed by atoms with van der Waals surface area (Å²) in [7, 11) is 2.87. The van der Waals surface area contributed by atoms with Crippen molar-refractivity contribution in [3.05, 3.63) is 102 Å². The summed E-state index contributed by atoms with van der Waals surface area (Å²) >= 11 is 0. The van der Waals surface area contributed by atoms with Gasteiger partial charge in [-0.05, 0) is 48.2 Å². The zero-order valence-corrected chi connectivity index (χ0v) is 25.8. The Kier molecular flexibility index (Phi) is 10.7. The third kappa shape index (κ3) is 7.68. The van der Waals surface area contributed by atoms with E-state index in [1.807, 2.05) is 0 Å². The molecule has 4 rings (SSSR count). The molecule has 3 aromatic carbocycles. The van der Waals surface area contributed by atoms with Crippen LogP contribution >= 0.6 is 0 Å². The van der Waals surface area contributed by atoms with E-state index in [1.165, 1.54) is 25.3 Å². The second-order valence-electron chi connectivity index (χ2n) is 11.1. The van der Waals surface area contributed by atoms with E-state index in [0.717, 1.165) is 4.90 Å². The number of nitrogens with one attached hydrogen (secondary N) is 1. The van der Waals surface area contributed by atoms with Crippen molar-refractivity contribution in [3.63, 3.8) is 0 Å². The molecule has 46 heavy (non-hydrogen) atoms. The molecule has 0 saturated carbocycles. The number of alkyl halides is 3. The van der Waals surface area contributed by atoms with Crippen LogP contribution in [0.25, 0.3) is 5.70 Å². The molecule has 0 spiro atoms. The minimum Gasteiger partial charge on any atom is -0.493 e. The Balaban J connectivity index is 1.76. The molecule has 2 N–H and O–H groups in total. The van der Waals surface area contributed by atoms with Gasteiger partial charge in [0, 0.05) is 17.3 Å². The maximum atomic E-state index is 14.2. The summed E-state index contributed by atoms with van der Waals surface area (Å²) < 4.78 is 51.7. The molecular weight excluding hydrogens is 603 g/mol. The van der Waals surface area contributed by atoms with Crippen molar-refractivity contribution in [2.24, 2.45) is 5.92 Å². The number of hydrogen-bond donors (Lipinski definition) is 2. The Morgan fingerprint density at radius 2 is 1.54 bits per heavy atom. The topological polar surface area (TPSA) is 108 Å². The molecule has 0 saturated heterocycles. The van der Waals surface area contributed by atoms with Crippen molar-refractivity contribution >= 4 is 23.4 Å². The Hall–Kier alpha value is -4.84. The van der Waals surface area contributed by atoms with Gasteiger partial charge in [0.15, 0.2) is 17.6 Å². The summed E-state index contributed by atoms with van der Waals surface area (Å²) in [4.78, 5) is 43.9. The van der Waals surface area contributed by atoms with Crippen LogP contribution in [0, 0.1) is 5.92 Å². The highest BCUT2D eigenvalue weighted by atomic mass is 19.4. The molecule has 0 aromatic heterocycles. The molecule has 12 heteroatoms. The van der Waals surface area contributed by atoms with Crippen molar-refractivity contribution in [2.75, 3.05) is 20.8 Å². The van der Waals surface area contributed by atoms with Gasteiger partial charge in [-0.2, -0.15) is 13.2 Å². The molecule has 0 radical (unpaired) electrons. The largest absolute Gasteiger partial charge is 0.493 e. The van der Waals surface area contributed by atoms with Gasteiger partial charge in [0.1, 0.15) is 12.6 Å². The van der Waals surface area contributed by atoms with Crippen LogP contribution in [0.3, 0.4) is 0 Å². The molecule has 1 aliphatic heterocycles. The normalized spacial score (nSPS) is 16.5. The van der Waals surface area contributed by atoms with E-state index < -0.39 is 54.5 Å². The van der Waals surface area contributed by atoms with Gasteiger partial charge in [-0.1, -0.05) is 62.4 Å². The van der Waals surface area contributed by atoms with Gasteiger partial charge in [0.25, 0.3) is 11.8 Å². The van der Waals surface area contributed by atoms with Gasteiger partial charge in [-0.3, -0.25) is 19.3 Å². The van der Waals surface area contributed by atoms with E-state index in [-0.39, 0.29) is 12.1 Å². The summed E-state index contributed by atoms with van der Waals surface area (Å²) in [6.45, 7) is 2.80. The standard InChI is InChI=1S/C34H36F3N3O6/c1-21(2)30-33(44)39(20-29(41)38-25(31(42)34(35,36)37)17-22-11-7-5-8-12-22)26(24-15-16-27(45-3)28(18-24)46-4)19-40(30)32(43)23-13-9-6-10-14-23/h5-16,18-19,21,25,30-31,42H,17,20H2,1-4H3,(H,38,41). The number of ether oxygens (including phenoxy) is 2. The maximum absolute atomic E-state index is 14.2. The average molecular weight is 640 g/mol. The lowest BCUT2D eigenvalue weighted by molar-refractivity contribution is -0.212. The molecule has 244 valence electrons. The van der Waals surface area contributed by atoms with Crippen LogP contribution in [0.4, 0.5) is 13.2 Å². The number of rotatable bonds is 11. The van der Waals surface area contributed by atoms with Gasteiger partial charge in [-0.25, -0.2) is 0 Å². The second-order valence-corrected chi connectivity index (χ2v) is 11.1. The highest BCUT2D eigenvalue weighted by molar-refractivity contribution is 6.03. The minimum absolute atomic E-state index is 0.137. The third-order valence-corrected chi connectivity index (χ3v) is 7.60. The molecule has 0 fully saturated rings. The van der Waals surface area contributed by atoms with E-state index in [4.69, 9.17) is 9.47 Å². The lowest BCUT2D eigenvalue weighted by atomic mass is 9.96. The molecular formula is C34H36F3N3O6. The number of halogens is 3. The third-order valence-electron chi connectivity index (χ3n) is 7.60. The highest BCUT2D eigenvalue weighted by Gasteiger charge is 2.45. The number of benzene rings is 3. The zero-order valence-electron chi connectivity index (χ0n) is 25.8. The predicted molar refractivity (Wildman–Crippen MR) is 165 cm³/mol. The van der Waals surface area contributed by atoms with E-state index in [9.17, 15) is 32.7 Å². The predicted octanol–water partition coefficient (Wildman–Crippen LogP) is 4.66. The van der Waals surface area contributed by atoms with Gasteiger partial charge in [0.2, 0.25) is 5.91 Å². The monoisotopic (exact) mass is 639 g/mol. The Morgan fingerprint density at radius 1 is 0.935 bits per heavy atom. The number of aliphatic hydroxyl groups excluding tert-OH is 1. The molecule has 1 aliphatic rings. The first-order valence-corrected chi connectivity index (χ1v) is 14.6. The maximum Gasteiger partial charge on any atom is 0.416 e. The number of carbonyl (C=O) groups excluding carboxylic acids is 3. The number of aliphatic hydroxyl groups is 1. The second kappa shape index (κ2) is 14.5. The Morgan fingerprint density at radius 3 is 2.11 bits per heavy atom. The van der Waals surface area contributed by atoms with Crippen molar-refractivity contribution in [3.8, 4) is 11.5 Å². The summed E-state index contributed by atoms with van der Waals surface area (Å²) in [5.41, 5.74) is 1.31. The quantitative estimate of drug-likeness (QED) is 0.316. The number of carbonyl (C=O) groups is 3. The fraction of sp³-hybridized carbons (Fsp3) is 0.324. The van der Waals surface area contributed by atoms with Crippen LogP contribution in [-0.2, 0) is 16.0 Å². The Bertz CT molecular complexity index is 1560. The van der Waals surface area contributed by atoms with Crippen LogP contribution in [0.1, 0.15) is 35.3 Å². The number of methoxy groups -OCH3 is 2. The first kappa shape index (κ1) is 34.0. The zero-order chi connectivity index (χ0) is 33.6. The van der Waals surface area contributed by atoms with Crippen LogP contribution in [0.15, 0.2) is 85.1 Å². The fourth-order valence-corrected chi connectivity index (χ4v) is 5.32. The van der Waals surface area contributed by atoms with E-state index in [2.05, 4.69) is 5.32 Å². The van der Waals surface area contributed by atoms with Crippen LogP contribution < -0.4 is 14.8 Å².